The van der Waals surface area contributed by atoms with Crippen LogP contribution in [0.15, 0.2) is 12.2 Å². The van der Waals surface area contributed by atoms with Crippen molar-refractivity contribution < 1.29 is 14.7 Å². The van der Waals surface area contributed by atoms with E-state index < -0.39 is 11.9 Å². The lowest BCUT2D eigenvalue weighted by atomic mass is 9.81. The first kappa shape index (κ1) is 12.7. The van der Waals surface area contributed by atoms with Crippen LogP contribution < -0.4 is 0 Å². The topological polar surface area (TPSA) is 57.6 Å². The molecule has 1 N–H and O–H groups in total. The van der Waals surface area contributed by atoms with E-state index in [2.05, 4.69) is 0 Å². The van der Waals surface area contributed by atoms with Crippen molar-refractivity contribution >= 4 is 11.9 Å². The molecule has 2 fully saturated rings. The minimum Gasteiger partial charge on any atom is -0.481 e. The lowest BCUT2D eigenvalue weighted by Crippen LogP contribution is -2.43. The molecular weight excluding hydrogens is 242 g/mol. The highest BCUT2D eigenvalue weighted by molar-refractivity contribution is 5.86. The number of allylic oxidation sites excluding steroid dienone is 2. The van der Waals surface area contributed by atoms with E-state index in [9.17, 15) is 14.7 Å². The number of aliphatic carboxylic acids is 1. The van der Waals surface area contributed by atoms with Gasteiger partial charge in [0.1, 0.15) is 0 Å². The lowest BCUT2D eigenvalue weighted by Gasteiger charge is -2.33. The van der Waals surface area contributed by atoms with Gasteiger partial charge in [-0.1, -0.05) is 18.6 Å². The van der Waals surface area contributed by atoms with E-state index >= 15 is 0 Å². The van der Waals surface area contributed by atoms with Gasteiger partial charge in [0.15, 0.2) is 0 Å². The predicted molar refractivity (Wildman–Crippen MR) is 70.3 cm³/mol. The Labute approximate surface area is 113 Å². The van der Waals surface area contributed by atoms with Gasteiger partial charge in [-0.05, 0) is 37.0 Å². The smallest absolute Gasteiger partial charge is 0.307 e. The molecule has 3 aliphatic carbocycles. The van der Waals surface area contributed by atoms with Crippen molar-refractivity contribution in [3.8, 4) is 0 Å². The average molecular weight is 263 g/mol. The second-order valence-electron chi connectivity index (χ2n) is 6.35. The fourth-order valence-corrected chi connectivity index (χ4v) is 3.90. The second-order valence-corrected chi connectivity index (χ2v) is 6.35. The first-order chi connectivity index (χ1) is 9.08. The minimum absolute atomic E-state index is 0.0381. The number of carbonyl (C=O) groups is 2. The van der Waals surface area contributed by atoms with E-state index in [0.29, 0.717) is 5.92 Å². The van der Waals surface area contributed by atoms with Gasteiger partial charge in [-0.2, -0.15) is 0 Å². The molecule has 0 spiro atoms. The van der Waals surface area contributed by atoms with Crippen LogP contribution in [0.3, 0.4) is 0 Å². The third-order valence-corrected chi connectivity index (χ3v) is 5.16. The largest absolute Gasteiger partial charge is 0.481 e. The predicted octanol–water partition coefficient (Wildman–Crippen LogP) is 1.77. The number of fused-ring (bicyclic) bond motifs is 2. The van der Waals surface area contributed by atoms with Crippen LogP contribution in [0.5, 0.6) is 0 Å². The Bertz CT molecular complexity index is 427. The first-order valence-electron chi connectivity index (χ1n) is 7.24. The molecule has 0 radical (unpaired) electrons. The normalized spacial score (nSPS) is 36.3. The van der Waals surface area contributed by atoms with Crippen LogP contribution in [-0.4, -0.2) is 35.5 Å². The van der Waals surface area contributed by atoms with Crippen LogP contribution in [0.2, 0.25) is 0 Å². The maximum atomic E-state index is 12.6. The summed E-state index contributed by atoms with van der Waals surface area (Å²) in [6, 6.07) is 0. The molecule has 19 heavy (non-hydrogen) atoms. The molecule has 0 aromatic rings. The van der Waals surface area contributed by atoms with Crippen molar-refractivity contribution in [3.05, 3.63) is 12.2 Å². The van der Waals surface area contributed by atoms with Crippen LogP contribution in [-0.2, 0) is 9.59 Å². The Hall–Kier alpha value is -1.32. The molecule has 3 aliphatic rings. The van der Waals surface area contributed by atoms with Crippen molar-refractivity contribution in [1.29, 1.82) is 0 Å². The molecule has 0 saturated heterocycles. The average Bonchev–Trinajstić information content (AvgIpc) is 2.92. The molecule has 0 aromatic heterocycles. The van der Waals surface area contributed by atoms with Gasteiger partial charge in [0.2, 0.25) is 5.91 Å². The maximum Gasteiger partial charge on any atom is 0.307 e. The summed E-state index contributed by atoms with van der Waals surface area (Å²) in [4.78, 5) is 25.7. The highest BCUT2D eigenvalue weighted by Crippen LogP contribution is 2.48. The van der Waals surface area contributed by atoms with E-state index in [1.807, 2.05) is 19.2 Å². The number of hydrogen-bond donors (Lipinski definition) is 1. The number of carboxylic acids is 1. The standard InChI is InChI=1S/C15H21NO3/c1-16(8-9-3-2-4-9)14(17)12-10-5-6-11(7-10)13(12)15(18)19/h5-6,9-13H,2-4,7-8H2,1H3,(H,18,19). The molecule has 0 heterocycles. The Morgan fingerprint density at radius 1 is 1.21 bits per heavy atom. The number of carbonyl (C=O) groups excluding carboxylic acids is 1. The van der Waals surface area contributed by atoms with Gasteiger partial charge in [-0.25, -0.2) is 0 Å². The van der Waals surface area contributed by atoms with Crippen LogP contribution in [0.25, 0.3) is 0 Å². The SMILES string of the molecule is CN(CC1CCC1)C(=O)C1C2C=CC(C2)C1C(=O)O. The van der Waals surface area contributed by atoms with Gasteiger partial charge >= 0.3 is 5.97 Å². The Kier molecular flexibility index (Phi) is 3.11. The summed E-state index contributed by atoms with van der Waals surface area (Å²) in [6.45, 7) is 0.794. The molecule has 3 rings (SSSR count). The van der Waals surface area contributed by atoms with E-state index in [-0.39, 0.29) is 23.7 Å². The number of carboxylic acid groups (broad SMARTS) is 1. The second kappa shape index (κ2) is 4.66. The molecule has 2 bridgehead atoms. The van der Waals surface area contributed by atoms with Gasteiger partial charge in [-0.15, -0.1) is 0 Å². The maximum absolute atomic E-state index is 12.6. The number of nitrogens with zero attached hydrogens (tertiary/aromatic N) is 1. The van der Waals surface area contributed by atoms with E-state index in [1.165, 1.54) is 19.3 Å². The molecule has 0 aliphatic heterocycles. The first-order valence-corrected chi connectivity index (χ1v) is 7.24. The van der Waals surface area contributed by atoms with Crippen LogP contribution in [0.1, 0.15) is 25.7 Å². The summed E-state index contributed by atoms with van der Waals surface area (Å²) in [6.07, 6.45) is 8.54. The highest BCUT2D eigenvalue weighted by Gasteiger charge is 2.52. The number of amides is 1. The zero-order chi connectivity index (χ0) is 13.6. The lowest BCUT2D eigenvalue weighted by molar-refractivity contribution is -0.150. The Morgan fingerprint density at radius 2 is 1.84 bits per heavy atom. The third kappa shape index (κ3) is 2.07. The van der Waals surface area contributed by atoms with Crippen molar-refractivity contribution in [2.75, 3.05) is 13.6 Å². The van der Waals surface area contributed by atoms with Crippen LogP contribution in [0, 0.1) is 29.6 Å². The molecule has 4 heteroatoms. The number of hydrogen-bond acceptors (Lipinski definition) is 2. The summed E-state index contributed by atoms with van der Waals surface area (Å²) in [5, 5.41) is 9.37. The fourth-order valence-electron chi connectivity index (χ4n) is 3.90. The minimum atomic E-state index is -0.813. The monoisotopic (exact) mass is 263 g/mol. The molecule has 2 saturated carbocycles. The number of rotatable bonds is 4. The van der Waals surface area contributed by atoms with Crippen LogP contribution in [0.4, 0.5) is 0 Å². The van der Waals surface area contributed by atoms with E-state index in [1.54, 1.807) is 4.90 Å². The quantitative estimate of drug-likeness (QED) is 0.786. The molecule has 4 atom stereocenters. The fraction of sp³-hybridized carbons (Fsp3) is 0.733. The van der Waals surface area contributed by atoms with Crippen molar-refractivity contribution in [1.82, 2.24) is 4.90 Å². The molecule has 4 unspecified atom stereocenters. The zero-order valence-electron chi connectivity index (χ0n) is 11.3. The van der Waals surface area contributed by atoms with Gasteiger partial charge in [0.05, 0.1) is 11.8 Å². The van der Waals surface area contributed by atoms with Gasteiger partial charge in [-0.3, -0.25) is 9.59 Å². The van der Waals surface area contributed by atoms with Crippen molar-refractivity contribution in [2.24, 2.45) is 29.6 Å². The Balaban J connectivity index is 1.70. The summed E-state index contributed by atoms with van der Waals surface area (Å²) < 4.78 is 0. The van der Waals surface area contributed by atoms with Gasteiger partial charge < -0.3 is 10.0 Å². The van der Waals surface area contributed by atoms with Crippen molar-refractivity contribution in [3.63, 3.8) is 0 Å². The highest BCUT2D eigenvalue weighted by atomic mass is 16.4. The summed E-state index contributed by atoms with van der Waals surface area (Å²) in [5.74, 6) is -0.783. The zero-order valence-corrected chi connectivity index (χ0v) is 11.3. The van der Waals surface area contributed by atoms with E-state index in [0.717, 1.165) is 13.0 Å². The molecule has 104 valence electrons. The molecule has 1 amide bonds. The van der Waals surface area contributed by atoms with E-state index in [4.69, 9.17) is 0 Å². The van der Waals surface area contributed by atoms with Crippen LogP contribution >= 0.6 is 0 Å². The van der Waals surface area contributed by atoms with Crippen molar-refractivity contribution in [2.45, 2.75) is 25.7 Å². The molecular formula is C15H21NO3. The summed E-state index contributed by atoms with van der Waals surface area (Å²) in [7, 11) is 1.83. The molecule has 4 nitrogen and oxygen atoms in total. The summed E-state index contributed by atoms with van der Waals surface area (Å²) in [5.41, 5.74) is 0. The Morgan fingerprint density at radius 3 is 2.37 bits per heavy atom. The van der Waals surface area contributed by atoms with Gasteiger partial charge in [0.25, 0.3) is 0 Å². The molecule has 0 aromatic carbocycles. The van der Waals surface area contributed by atoms with Gasteiger partial charge in [0, 0.05) is 13.6 Å². The summed E-state index contributed by atoms with van der Waals surface area (Å²) >= 11 is 0. The third-order valence-electron chi connectivity index (χ3n) is 5.16.